The summed E-state index contributed by atoms with van der Waals surface area (Å²) >= 11 is 1.41. The van der Waals surface area contributed by atoms with Crippen molar-refractivity contribution in [3.63, 3.8) is 0 Å². The van der Waals surface area contributed by atoms with Gasteiger partial charge in [0.05, 0.1) is 0 Å². The highest BCUT2D eigenvalue weighted by atomic mass is 32.1. The Morgan fingerprint density at radius 1 is 1.10 bits per heavy atom. The van der Waals surface area contributed by atoms with Crippen molar-refractivity contribution >= 4 is 33.3 Å². The molecule has 1 amide bonds. The SMILES string of the molecule is O=C(CC1CCC2(CCCC2)CC1)Nc1nnc(NC2CCN(c3cccnn3)C2)s1. The highest BCUT2D eigenvalue weighted by Crippen LogP contribution is 2.50. The van der Waals surface area contributed by atoms with Gasteiger partial charge in [-0.05, 0) is 68.4 Å². The third-order valence-corrected chi connectivity index (χ3v) is 8.14. The van der Waals surface area contributed by atoms with Crippen LogP contribution in [0, 0.1) is 11.3 Å². The van der Waals surface area contributed by atoms with Crippen molar-refractivity contribution < 1.29 is 4.79 Å². The van der Waals surface area contributed by atoms with E-state index in [0.717, 1.165) is 30.5 Å². The van der Waals surface area contributed by atoms with Gasteiger partial charge in [-0.2, -0.15) is 5.10 Å². The molecule has 8 nitrogen and oxygen atoms in total. The maximum atomic E-state index is 12.5. The zero-order valence-corrected chi connectivity index (χ0v) is 18.7. The highest BCUT2D eigenvalue weighted by molar-refractivity contribution is 7.19. The van der Waals surface area contributed by atoms with Crippen molar-refractivity contribution in [2.45, 2.75) is 70.3 Å². The van der Waals surface area contributed by atoms with E-state index in [2.05, 4.69) is 35.9 Å². The maximum absolute atomic E-state index is 12.5. The smallest absolute Gasteiger partial charge is 0.226 e. The molecule has 3 aliphatic rings. The van der Waals surface area contributed by atoms with Gasteiger partial charge in [-0.15, -0.1) is 15.3 Å². The number of carbonyl (C=O) groups is 1. The Hall–Kier alpha value is -2.29. The molecule has 9 heteroatoms. The third-order valence-electron chi connectivity index (χ3n) is 7.37. The van der Waals surface area contributed by atoms with Crippen LogP contribution < -0.4 is 15.5 Å². The Morgan fingerprint density at radius 2 is 1.90 bits per heavy atom. The lowest BCUT2D eigenvalue weighted by Crippen LogP contribution is -2.27. The number of aromatic nitrogens is 4. The molecular formula is C22H31N7OS. The summed E-state index contributed by atoms with van der Waals surface area (Å²) in [6, 6.07) is 4.17. The second kappa shape index (κ2) is 9.06. The topological polar surface area (TPSA) is 95.9 Å². The molecule has 1 atom stereocenters. The molecule has 1 spiro atoms. The molecule has 0 radical (unpaired) electrons. The lowest BCUT2D eigenvalue weighted by molar-refractivity contribution is -0.117. The van der Waals surface area contributed by atoms with Crippen LogP contribution in [0.25, 0.3) is 0 Å². The van der Waals surface area contributed by atoms with Gasteiger partial charge in [0.15, 0.2) is 5.82 Å². The normalized spacial score (nSPS) is 23.4. The van der Waals surface area contributed by atoms with Crippen molar-refractivity contribution in [2.24, 2.45) is 11.3 Å². The molecule has 2 aromatic heterocycles. The molecule has 166 valence electrons. The molecule has 31 heavy (non-hydrogen) atoms. The van der Waals surface area contributed by atoms with E-state index >= 15 is 0 Å². The van der Waals surface area contributed by atoms with Gasteiger partial charge in [0.2, 0.25) is 16.2 Å². The van der Waals surface area contributed by atoms with E-state index < -0.39 is 0 Å². The van der Waals surface area contributed by atoms with Crippen molar-refractivity contribution in [1.29, 1.82) is 0 Å². The summed E-state index contributed by atoms with van der Waals surface area (Å²) < 4.78 is 0. The summed E-state index contributed by atoms with van der Waals surface area (Å²) in [4.78, 5) is 14.8. The van der Waals surface area contributed by atoms with E-state index in [9.17, 15) is 4.79 Å². The zero-order valence-electron chi connectivity index (χ0n) is 17.9. The standard InChI is InChI=1S/C22H31N7OS/c30-19(14-16-5-10-22(11-6-16)8-1-2-9-22)25-21-28-27-20(31-21)24-17-7-13-29(15-17)18-4-3-12-23-26-18/h3-4,12,16-17H,1-2,5-11,13-15H2,(H,24,27)(H,25,28,30). The van der Waals surface area contributed by atoms with Crippen LogP contribution in [0.15, 0.2) is 18.3 Å². The van der Waals surface area contributed by atoms with Crippen molar-refractivity contribution in [2.75, 3.05) is 28.6 Å². The first-order valence-corrected chi connectivity index (χ1v) is 12.4. The van der Waals surface area contributed by atoms with E-state index in [1.165, 1.54) is 62.7 Å². The van der Waals surface area contributed by atoms with Crippen LogP contribution in [-0.4, -0.2) is 45.4 Å². The van der Waals surface area contributed by atoms with Gasteiger partial charge in [0.1, 0.15) is 0 Å². The van der Waals surface area contributed by atoms with Gasteiger partial charge in [-0.25, -0.2) is 0 Å². The molecule has 1 aliphatic heterocycles. The Labute approximate surface area is 187 Å². The van der Waals surface area contributed by atoms with Crippen molar-refractivity contribution in [3.8, 4) is 0 Å². The Kier molecular flexibility index (Phi) is 6.02. The van der Waals surface area contributed by atoms with Gasteiger partial charge < -0.3 is 15.5 Å². The van der Waals surface area contributed by atoms with E-state index in [1.54, 1.807) is 6.20 Å². The van der Waals surface area contributed by atoms with Crippen molar-refractivity contribution in [3.05, 3.63) is 18.3 Å². The Morgan fingerprint density at radius 3 is 2.68 bits per heavy atom. The largest absolute Gasteiger partial charge is 0.355 e. The van der Waals surface area contributed by atoms with Crippen LogP contribution in [0.1, 0.15) is 64.2 Å². The minimum Gasteiger partial charge on any atom is -0.355 e. The first-order valence-electron chi connectivity index (χ1n) is 11.6. The zero-order chi connectivity index (χ0) is 21.1. The maximum Gasteiger partial charge on any atom is 0.226 e. The minimum atomic E-state index is 0.0739. The molecule has 3 fully saturated rings. The molecule has 0 aromatic carbocycles. The summed E-state index contributed by atoms with van der Waals surface area (Å²) in [5.74, 6) is 1.49. The van der Waals surface area contributed by atoms with E-state index in [4.69, 9.17) is 0 Å². The second-order valence-electron chi connectivity index (χ2n) is 9.47. The molecule has 5 rings (SSSR count). The van der Waals surface area contributed by atoms with Crippen molar-refractivity contribution in [1.82, 2.24) is 20.4 Å². The number of nitrogens with one attached hydrogen (secondary N) is 2. The number of carbonyl (C=O) groups excluding carboxylic acids is 1. The number of anilines is 3. The van der Waals surface area contributed by atoms with E-state index in [1.807, 2.05) is 12.1 Å². The lowest BCUT2D eigenvalue weighted by Gasteiger charge is -2.37. The fourth-order valence-corrected chi connectivity index (χ4v) is 6.34. The number of nitrogens with zero attached hydrogens (tertiary/aromatic N) is 5. The van der Waals surface area contributed by atoms with Gasteiger partial charge in [-0.1, -0.05) is 24.2 Å². The Balaban J connectivity index is 1.07. The fourth-order valence-electron chi connectivity index (χ4n) is 5.61. The average Bonchev–Trinajstić information content (AvgIpc) is 3.53. The lowest BCUT2D eigenvalue weighted by atomic mass is 9.69. The van der Waals surface area contributed by atoms with Gasteiger partial charge >= 0.3 is 0 Å². The van der Waals surface area contributed by atoms with Gasteiger partial charge in [0, 0.05) is 31.7 Å². The summed E-state index contributed by atoms with van der Waals surface area (Å²) in [5, 5.41) is 24.3. The van der Waals surface area contributed by atoms with Crippen LogP contribution in [0.3, 0.4) is 0 Å². The summed E-state index contributed by atoms with van der Waals surface area (Å²) in [6.07, 6.45) is 13.9. The first-order chi connectivity index (χ1) is 15.2. The number of amides is 1. The molecule has 1 saturated heterocycles. The van der Waals surface area contributed by atoms with Crippen LogP contribution in [-0.2, 0) is 4.79 Å². The average molecular weight is 442 g/mol. The predicted octanol–water partition coefficient (Wildman–Crippen LogP) is 4.10. The van der Waals surface area contributed by atoms with E-state index in [-0.39, 0.29) is 11.9 Å². The van der Waals surface area contributed by atoms with Crippen LogP contribution in [0.5, 0.6) is 0 Å². The molecule has 2 aliphatic carbocycles. The number of hydrogen-bond acceptors (Lipinski definition) is 8. The van der Waals surface area contributed by atoms with Crippen LogP contribution >= 0.6 is 11.3 Å². The minimum absolute atomic E-state index is 0.0739. The summed E-state index contributed by atoms with van der Waals surface area (Å²) in [5.41, 5.74) is 0.621. The summed E-state index contributed by atoms with van der Waals surface area (Å²) in [6.45, 7) is 1.78. The molecule has 2 aromatic rings. The monoisotopic (exact) mass is 441 g/mol. The summed E-state index contributed by atoms with van der Waals surface area (Å²) in [7, 11) is 0. The molecular weight excluding hydrogens is 410 g/mol. The van der Waals surface area contributed by atoms with Crippen LogP contribution in [0.2, 0.25) is 0 Å². The predicted molar refractivity (Wildman–Crippen MR) is 122 cm³/mol. The van der Waals surface area contributed by atoms with Gasteiger partial charge in [-0.3, -0.25) is 4.79 Å². The second-order valence-corrected chi connectivity index (χ2v) is 10.5. The fraction of sp³-hybridized carbons (Fsp3) is 0.682. The number of rotatable bonds is 6. The van der Waals surface area contributed by atoms with Crippen LogP contribution in [0.4, 0.5) is 16.1 Å². The molecule has 2 saturated carbocycles. The molecule has 1 unspecified atom stereocenters. The highest BCUT2D eigenvalue weighted by Gasteiger charge is 2.37. The third kappa shape index (κ3) is 4.97. The number of hydrogen-bond donors (Lipinski definition) is 2. The van der Waals surface area contributed by atoms with Gasteiger partial charge in [0.25, 0.3) is 0 Å². The molecule has 0 bridgehead atoms. The Bertz CT molecular complexity index is 873. The first kappa shape index (κ1) is 20.6. The molecule has 2 N–H and O–H groups in total. The quantitative estimate of drug-likeness (QED) is 0.697. The van der Waals surface area contributed by atoms with E-state index in [0.29, 0.717) is 22.9 Å². The molecule has 3 heterocycles.